The van der Waals surface area contributed by atoms with E-state index in [0.29, 0.717) is 5.82 Å². The zero-order chi connectivity index (χ0) is 14.0. The summed E-state index contributed by atoms with van der Waals surface area (Å²) in [4.78, 5) is 26.7. The van der Waals surface area contributed by atoms with Crippen LogP contribution < -0.4 is 5.32 Å². The van der Waals surface area contributed by atoms with E-state index in [1.807, 2.05) is 0 Å². The lowest BCUT2D eigenvalue weighted by molar-refractivity contribution is 0.0698. The fourth-order valence-electron chi connectivity index (χ4n) is 1.44. The first-order valence-electron chi connectivity index (χ1n) is 5.21. The number of aromatic carboxylic acids is 1. The Morgan fingerprint density at radius 2 is 2.16 bits per heavy atom. The van der Waals surface area contributed by atoms with Crippen LogP contribution >= 0.6 is 11.6 Å². The number of aromatic nitrogens is 3. The molecule has 0 aliphatic rings. The van der Waals surface area contributed by atoms with Crippen molar-refractivity contribution in [2.24, 2.45) is 0 Å². The lowest BCUT2D eigenvalue weighted by Gasteiger charge is -2.08. The smallest absolute Gasteiger partial charge is 0.337 e. The quantitative estimate of drug-likeness (QED) is 0.793. The van der Waals surface area contributed by atoms with E-state index >= 15 is 0 Å². The number of carboxylic acid groups (broad SMARTS) is 1. The summed E-state index contributed by atoms with van der Waals surface area (Å²) in [6.45, 7) is 1.64. The Balaban J connectivity index is 2.33. The van der Waals surface area contributed by atoms with Crippen LogP contribution in [0.3, 0.4) is 0 Å². The minimum absolute atomic E-state index is 0.0177. The van der Waals surface area contributed by atoms with Crippen molar-refractivity contribution in [3.63, 3.8) is 0 Å². The zero-order valence-corrected chi connectivity index (χ0v) is 10.5. The van der Waals surface area contributed by atoms with Gasteiger partial charge in [-0.1, -0.05) is 17.7 Å². The van der Waals surface area contributed by atoms with Crippen molar-refractivity contribution in [3.05, 3.63) is 40.4 Å². The predicted molar refractivity (Wildman–Crippen MR) is 67.5 cm³/mol. The Bertz CT molecular complexity index is 653. The van der Waals surface area contributed by atoms with Gasteiger partial charge in [0, 0.05) is 0 Å². The molecule has 0 bridgehead atoms. The van der Waals surface area contributed by atoms with Crippen LogP contribution in [0.25, 0.3) is 0 Å². The van der Waals surface area contributed by atoms with Crippen molar-refractivity contribution in [1.29, 1.82) is 0 Å². The highest BCUT2D eigenvalue weighted by Gasteiger charge is 2.18. The molecule has 0 fully saturated rings. The number of nitrogens with one attached hydrogen (secondary N) is 2. The molecule has 2 rings (SSSR count). The molecule has 3 N–H and O–H groups in total. The van der Waals surface area contributed by atoms with Crippen molar-refractivity contribution >= 4 is 29.2 Å². The van der Waals surface area contributed by atoms with Crippen LogP contribution in [0.15, 0.2) is 18.2 Å². The third-order valence-electron chi connectivity index (χ3n) is 2.28. The molecule has 19 heavy (non-hydrogen) atoms. The molecule has 7 nitrogen and oxygen atoms in total. The van der Waals surface area contributed by atoms with E-state index < -0.39 is 11.9 Å². The van der Waals surface area contributed by atoms with Crippen molar-refractivity contribution < 1.29 is 14.7 Å². The van der Waals surface area contributed by atoms with Gasteiger partial charge in [0.15, 0.2) is 0 Å². The lowest BCUT2D eigenvalue weighted by Crippen LogP contribution is -2.16. The summed E-state index contributed by atoms with van der Waals surface area (Å²) in [5, 5.41) is 17.7. The van der Waals surface area contributed by atoms with Gasteiger partial charge < -0.3 is 10.4 Å². The van der Waals surface area contributed by atoms with E-state index in [9.17, 15) is 9.59 Å². The third kappa shape index (κ3) is 2.71. The number of aromatic amines is 1. The standard InChI is InChI=1S/C11H9ClN4O3/c1-5-13-9(16-15-5)10(17)14-8-6(11(18)19)3-2-4-7(8)12/h2-4H,1H3,(H,14,17)(H,18,19)(H,13,15,16). The number of anilines is 1. The van der Waals surface area contributed by atoms with Crippen molar-refractivity contribution in [2.45, 2.75) is 6.92 Å². The van der Waals surface area contributed by atoms with Crippen LogP contribution in [-0.2, 0) is 0 Å². The second-order valence-electron chi connectivity index (χ2n) is 3.67. The molecule has 0 unspecified atom stereocenters. The summed E-state index contributed by atoms with van der Waals surface area (Å²) in [6, 6.07) is 4.30. The number of carboxylic acids is 1. The number of H-pyrrole nitrogens is 1. The maximum Gasteiger partial charge on any atom is 0.337 e. The number of rotatable bonds is 3. The van der Waals surface area contributed by atoms with Gasteiger partial charge in [-0.3, -0.25) is 9.89 Å². The molecule has 1 aromatic heterocycles. The molecule has 1 heterocycles. The molecule has 1 aromatic carbocycles. The number of para-hydroxylation sites is 1. The number of carbonyl (C=O) groups excluding carboxylic acids is 1. The number of aryl methyl sites for hydroxylation is 1. The molecular formula is C11H9ClN4O3. The van der Waals surface area contributed by atoms with Gasteiger partial charge in [-0.2, -0.15) is 0 Å². The van der Waals surface area contributed by atoms with Crippen LogP contribution in [-0.4, -0.2) is 32.2 Å². The molecular weight excluding hydrogens is 272 g/mol. The second kappa shape index (κ2) is 5.07. The molecule has 0 aliphatic carbocycles. The molecule has 0 atom stereocenters. The van der Waals surface area contributed by atoms with Gasteiger partial charge in [-0.25, -0.2) is 9.78 Å². The summed E-state index contributed by atoms with van der Waals surface area (Å²) >= 11 is 5.88. The number of halogens is 1. The van der Waals surface area contributed by atoms with Gasteiger partial charge in [0.2, 0.25) is 5.82 Å². The van der Waals surface area contributed by atoms with Crippen LogP contribution in [0, 0.1) is 6.92 Å². The van der Waals surface area contributed by atoms with Crippen LogP contribution in [0.2, 0.25) is 5.02 Å². The maximum atomic E-state index is 11.8. The molecule has 0 aliphatic heterocycles. The van der Waals surface area contributed by atoms with E-state index in [1.165, 1.54) is 18.2 Å². The van der Waals surface area contributed by atoms with Gasteiger partial charge in [0.1, 0.15) is 5.82 Å². The number of hydrogen-bond donors (Lipinski definition) is 3. The molecule has 0 saturated heterocycles. The first kappa shape index (κ1) is 13.0. The summed E-state index contributed by atoms with van der Waals surface area (Å²) in [7, 11) is 0. The SMILES string of the molecule is Cc1nc(C(=O)Nc2c(Cl)cccc2C(=O)O)n[nH]1. The van der Waals surface area contributed by atoms with Gasteiger partial charge in [0.25, 0.3) is 5.91 Å². The molecule has 0 saturated carbocycles. The van der Waals surface area contributed by atoms with Crippen molar-refractivity contribution in [3.8, 4) is 0 Å². The van der Waals surface area contributed by atoms with E-state index in [-0.39, 0.29) is 22.1 Å². The summed E-state index contributed by atoms with van der Waals surface area (Å²) in [5.74, 6) is -1.44. The summed E-state index contributed by atoms with van der Waals surface area (Å²) < 4.78 is 0. The fourth-order valence-corrected chi connectivity index (χ4v) is 1.66. The highest BCUT2D eigenvalue weighted by atomic mass is 35.5. The Morgan fingerprint density at radius 3 is 2.74 bits per heavy atom. The Hall–Kier alpha value is -2.41. The molecule has 0 spiro atoms. The van der Waals surface area contributed by atoms with E-state index in [1.54, 1.807) is 6.92 Å². The predicted octanol–water partition coefficient (Wildman–Crippen LogP) is 1.72. The highest BCUT2D eigenvalue weighted by molar-refractivity contribution is 6.34. The topological polar surface area (TPSA) is 108 Å². The third-order valence-corrected chi connectivity index (χ3v) is 2.60. The lowest BCUT2D eigenvalue weighted by atomic mass is 10.2. The van der Waals surface area contributed by atoms with E-state index in [0.717, 1.165) is 0 Å². The minimum Gasteiger partial charge on any atom is -0.478 e. The monoisotopic (exact) mass is 280 g/mol. The van der Waals surface area contributed by atoms with Crippen molar-refractivity contribution in [1.82, 2.24) is 15.2 Å². The molecule has 1 amide bonds. The first-order chi connectivity index (χ1) is 8.99. The molecule has 0 radical (unpaired) electrons. The average Bonchev–Trinajstić information content (AvgIpc) is 2.78. The normalized spacial score (nSPS) is 10.2. The molecule has 8 heteroatoms. The Kier molecular flexibility index (Phi) is 3.48. The van der Waals surface area contributed by atoms with Crippen LogP contribution in [0.4, 0.5) is 5.69 Å². The largest absolute Gasteiger partial charge is 0.478 e. The Labute approximate surface area is 112 Å². The van der Waals surface area contributed by atoms with Gasteiger partial charge in [-0.15, -0.1) is 5.10 Å². The second-order valence-corrected chi connectivity index (χ2v) is 4.07. The average molecular weight is 281 g/mol. The molecule has 2 aromatic rings. The van der Waals surface area contributed by atoms with Gasteiger partial charge >= 0.3 is 5.97 Å². The zero-order valence-electron chi connectivity index (χ0n) is 9.77. The summed E-state index contributed by atoms with van der Waals surface area (Å²) in [5.41, 5.74) is -0.0859. The van der Waals surface area contributed by atoms with Crippen LogP contribution in [0.1, 0.15) is 26.8 Å². The Morgan fingerprint density at radius 1 is 1.42 bits per heavy atom. The maximum absolute atomic E-state index is 11.8. The van der Waals surface area contributed by atoms with Crippen LogP contribution in [0.5, 0.6) is 0 Å². The highest BCUT2D eigenvalue weighted by Crippen LogP contribution is 2.26. The number of hydrogen-bond acceptors (Lipinski definition) is 4. The molecule has 98 valence electrons. The summed E-state index contributed by atoms with van der Waals surface area (Å²) in [6.07, 6.45) is 0. The van der Waals surface area contributed by atoms with Crippen molar-refractivity contribution in [2.75, 3.05) is 5.32 Å². The first-order valence-corrected chi connectivity index (χ1v) is 5.59. The van der Waals surface area contributed by atoms with Gasteiger partial charge in [0.05, 0.1) is 16.3 Å². The van der Waals surface area contributed by atoms with E-state index in [4.69, 9.17) is 16.7 Å². The number of carbonyl (C=O) groups is 2. The van der Waals surface area contributed by atoms with E-state index in [2.05, 4.69) is 20.5 Å². The minimum atomic E-state index is -1.19. The number of amides is 1. The number of benzene rings is 1. The van der Waals surface area contributed by atoms with Gasteiger partial charge in [-0.05, 0) is 19.1 Å². The number of nitrogens with zero attached hydrogens (tertiary/aromatic N) is 2. The fraction of sp³-hybridized carbons (Fsp3) is 0.0909.